The number of carbonyl (C=O) groups excluding carboxylic acids is 1. The Morgan fingerprint density at radius 1 is 1.35 bits per heavy atom. The fourth-order valence-electron chi connectivity index (χ4n) is 2.00. The first-order chi connectivity index (χ1) is 10.8. The number of hydrogen-bond acceptors (Lipinski definition) is 4. The number of anilines is 2. The molecule has 2 N–H and O–H groups in total. The number of carbonyl (C=O) groups is 1. The summed E-state index contributed by atoms with van der Waals surface area (Å²) >= 11 is 0. The third kappa shape index (κ3) is 4.33. The summed E-state index contributed by atoms with van der Waals surface area (Å²) in [7, 11) is 0. The maximum Gasteiger partial charge on any atom is 0.246 e. The van der Waals surface area contributed by atoms with Gasteiger partial charge < -0.3 is 10.6 Å². The molecule has 1 heterocycles. The van der Waals surface area contributed by atoms with Crippen LogP contribution in [0, 0.1) is 11.3 Å². The topological polar surface area (TPSA) is 82.7 Å². The highest BCUT2D eigenvalue weighted by Gasteiger charge is 2.17. The largest absolute Gasteiger partial charge is 0.371 e. The normalized spacial score (nSPS) is 12.3. The van der Waals surface area contributed by atoms with Crippen molar-refractivity contribution in [1.82, 2.24) is 9.78 Å². The standard InChI is InChI=1S/C17H21N5O/c1-12(20-15-10-19-22(11-15)17(2,3)4)16(23)21-14-7-5-6-13(8-14)9-18/h5-8,10-12,20H,1-4H3,(H,21,23)/t12-/m1/s1. The van der Waals surface area contributed by atoms with Crippen LogP contribution in [-0.2, 0) is 10.3 Å². The molecule has 0 aliphatic rings. The molecule has 1 aromatic carbocycles. The fourth-order valence-corrected chi connectivity index (χ4v) is 2.00. The van der Waals surface area contributed by atoms with Crippen molar-refractivity contribution < 1.29 is 4.79 Å². The Bertz CT molecular complexity index is 736. The third-order valence-corrected chi connectivity index (χ3v) is 3.31. The highest BCUT2D eigenvalue weighted by molar-refractivity contribution is 5.96. The van der Waals surface area contributed by atoms with Crippen LogP contribution in [0.3, 0.4) is 0 Å². The van der Waals surface area contributed by atoms with Gasteiger partial charge in [-0.2, -0.15) is 10.4 Å². The van der Waals surface area contributed by atoms with Crippen LogP contribution >= 0.6 is 0 Å². The molecule has 0 radical (unpaired) electrons. The molecule has 1 aromatic heterocycles. The molecular weight excluding hydrogens is 290 g/mol. The Labute approximate surface area is 136 Å². The van der Waals surface area contributed by atoms with Crippen LogP contribution in [0.2, 0.25) is 0 Å². The highest BCUT2D eigenvalue weighted by atomic mass is 16.2. The number of aromatic nitrogens is 2. The van der Waals surface area contributed by atoms with Gasteiger partial charge in [-0.3, -0.25) is 9.48 Å². The first-order valence-electron chi connectivity index (χ1n) is 7.42. The van der Waals surface area contributed by atoms with Gasteiger partial charge in [-0.25, -0.2) is 0 Å². The summed E-state index contributed by atoms with van der Waals surface area (Å²) in [5, 5.41) is 19.1. The Balaban J connectivity index is 2.00. The van der Waals surface area contributed by atoms with Gasteiger partial charge in [0.2, 0.25) is 5.91 Å². The van der Waals surface area contributed by atoms with Gasteiger partial charge >= 0.3 is 0 Å². The van der Waals surface area contributed by atoms with Gasteiger partial charge in [-0.15, -0.1) is 0 Å². The molecular formula is C17H21N5O. The van der Waals surface area contributed by atoms with Crippen LogP contribution in [-0.4, -0.2) is 21.7 Å². The van der Waals surface area contributed by atoms with Crippen LogP contribution in [0.5, 0.6) is 0 Å². The van der Waals surface area contributed by atoms with Crippen LogP contribution in [0.25, 0.3) is 0 Å². The molecule has 6 heteroatoms. The lowest BCUT2D eigenvalue weighted by atomic mass is 10.1. The van der Waals surface area contributed by atoms with E-state index in [0.29, 0.717) is 11.3 Å². The van der Waals surface area contributed by atoms with E-state index in [1.807, 2.05) is 16.9 Å². The minimum absolute atomic E-state index is 0.108. The zero-order valence-electron chi connectivity index (χ0n) is 13.8. The van der Waals surface area contributed by atoms with E-state index in [1.54, 1.807) is 37.4 Å². The van der Waals surface area contributed by atoms with Gasteiger partial charge in [-0.05, 0) is 45.9 Å². The van der Waals surface area contributed by atoms with Crippen LogP contribution in [0.1, 0.15) is 33.3 Å². The zero-order valence-corrected chi connectivity index (χ0v) is 13.8. The number of rotatable bonds is 4. The number of nitrogens with zero attached hydrogens (tertiary/aromatic N) is 3. The van der Waals surface area contributed by atoms with Crippen molar-refractivity contribution in [3.8, 4) is 6.07 Å². The molecule has 0 saturated carbocycles. The van der Waals surface area contributed by atoms with Crippen LogP contribution in [0.4, 0.5) is 11.4 Å². The molecule has 0 spiro atoms. The van der Waals surface area contributed by atoms with E-state index < -0.39 is 6.04 Å². The second-order valence-electron chi connectivity index (χ2n) is 6.39. The molecule has 0 saturated heterocycles. The Morgan fingerprint density at radius 2 is 2.09 bits per heavy atom. The van der Waals surface area contributed by atoms with E-state index in [-0.39, 0.29) is 11.4 Å². The lowest BCUT2D eigenvalue weighted by Gasteiger charge is -2.19. The van der Waals surface area contributed by atoms with Gasteiger partial charge in [0.1, 0.15) is 6.04 Å². The summed E-state index contributed by atoms with van der Waals surface area (Å²) < 4.78 is 1.84. The predicted molar refractivity (Wildman–Crippen MR) is 90.1 cm³/mol. The predicted octanol–water partition coefficient (Wildman–Crippen LogP) is 2.95. The second-order valence-corrected chi connectivity index (χ2v) is 6.39. The summed E-state index contributed by atoms with van der Waals surface area (Å²) in [5.74, 6) is -0.177. The molecule has 0 unspecified atom stereocenters. The molecule has 0 bridgehead atoms. The van der Waals surface area contributed by atoms with E-state index in [4.69, 9.17) is 5.26 Å². The van der Waals surface area contributed by atoms with E-state index in [2.05, 4.69) is 36.5 Å². The summed E-state index contributed by atoms with van der Waals surface area (Å²) in [6, 6.07) is 8.44. The summed E-state index contributed by atoms with van der Waals surface area (Å²) in [5.41, 5.74) is 1.79. The smallest absolute Gasteiger partial charge is 0.246 e. The quantitative estimate of drug-likeness (QED) is 0.909. The Kier molecular flexibility index (Phi) is 4.70. The van der Waals surface area contributed by atoms with Gasteiger partial charge in [0, 0.05) is 11.9 Å². The van der Waals surface area contributed by atoms with E-state index in [9.17, 15) is 4.79 Å². The van der Waals surface area contributed by atoms with Crippen molar-refractivity contribution in [2.24, 2.45) is 0 Å². The SMILES string of the molecule is C[C@@H](Nc1cnn(C(C)(C)C)c1)C(=O)Nc1cccc(C#N)c1. The maximum absolute atomic E-state index is 12.2. The molecule has 1 amide bonds. The van der Waals surface area contributed by atoms with Crippen LogP contribution in [0.15, 0.2) is 36.7 Å². The monoisotopic (exact) mass is 311 g/mol. The minimum atomic E-state index is -0.432. The number of nitrogens with one attached hydrogen (secondary N) is 2. The first-order valence-corrected chi connectivity index (χ1v) is 7.42. The molecule has 2 aromatic rings. The molecule has 0 aliphatic carbocycles. The summed E-state index contributed by atoms with van der Waals surface area (Å²) in [6.07, 6.45) is 3.57. The molecule has 1 atom stereocenters. The highest BCUT2D eigenvalue weighted by Crippen LogP contribution is 2.17. The van der Waals surface area contributed by atoms with E-state index in [0.717, 1.165) is 5.69 Å². The number of hydrogen-bond donors (Lipinski definition) is 2. The molecule has 6 nitrogen and oxygen atoms in total. The average Bonchev–Trinajstić information content (AvgIpc) is 2.96. The summed E-state index contributed by atoms with van der Waals surface area (Å²) in [4.78, 5) is 12.2. The van der Waals surface area contributed by atoms with Crippen molar-refractivity contribution in [2.45, 2.75) is 39.3 Å². The number of nitriles is 1. The summed E-state index contributed by atoms with van der Waals surface area (Å²) in [6.45, 7) is 7.95. The third-order valence-electron chi connectivity index (χ3n) is 3.31. The lowest BCUT2D eigenvalue weighted by molar-refractivity contribution is -0.116. The molecule has 0 fully saturated rings. The Hall–Kier alpha value is -2.81. The fraction of sp³-hybridized carbons (Fsp3) is 0.353. The number of benzene rings is 1. The van der Waals surface area contributed by atoms with Gasteiger partial charge in [-0.1, -0.05) is 6.07 Å². The molecule has 0 aliphatic heterocycles. The Morgan fingerprint density at radius 3 is 2.70 bits per heavy atom. The zero-order chi connectivity index (χ0) is 17.0. The minimum Gasteiger partial charge on any atom is -0.371 e. The van der Waals surface area contributed by atoms with Crippen molar-refractivity contribution in [3.63, 3.8) is 0 Å². The molecule has 23 heavy (non-hydrogen) atoms. The van der Waals surface area contributed by atoms with E-state index in [1.165, 1.54) is 0 Å². The van der Waals surface area contributed by atoms with Crippen molar-refractivity contribution in [1.29, 1.82) is 5.26 Å². The first kappa shape index (κ1) is 16.6. The van der Waals surface area contributed by atoms with Crippen molar-refractivity contribution in [2.75, 3.05) is 10.6 Å². The molecule has 2 rings (SSSR count). The van der Waals surface area contributed by atoms with Crippen LogP contribution < -0.4 is 10.6 Å². The van der Waals surface area contributed by atoms with Crippen molar-refractivity contribution >= 4 is 17.3 Å². The molecule has 120 valence electrons. The van der Waals surface area contributed by atoms with Gasteiger partial charge in [0.25, 0.3) is 0 Å². The van der Waals surface area contributed by atoms with Crippen molar-refractivity contribution in [3.05, 3.63) is 42.2 Å². The lowest BCUT2D eigenvalue weighted by Crippen LogP contribution is -2.31. The maximum atomic E-state index is 12.2. The number of amides is 1. The van der Waals surface area contributed by atoms with E-state index >= 15 is 0 Å². The second kappa shape index (κ2) is 6.53. The van der Waals surface area contributed by atoms with Gasteiger partial charge in [0.05, 0.1) is 29.1 Å². The van der Waals surface area contributed by atoms with Gasteiger partial charge in [0.15, 0.2) is 0 Å². The average molecular weight is 311 g/mol.